The second kappa shape index (κ2) is 5.23. The van der Waals surface area contributed by atoms with Crippen LogP contribution in [0.5, 0.6) is 0 Å². The van der Waals surface area contributed by atoms with Crippen molar-refractivity contribution in [3.63, 3.8) is 0 Å². The Hall–Kier alpha value is -0.485. The first-order valence-electron chi connectivity index (χ1n) is 5.57. The Morgan fingerprint density at radius 1 is 1.44 bits per heavy atom. The Bertz CT molecular complexity index is 253. The van der Waals surface area contributed by atoms with Crippen LogP contribution >= 0.6 is 0 Å². The van der Waals surface area contributed by atoms with E-state index in [0.717, 1.165) is 25.9 Å². The molecule has 0 saturated carbocycles. The lowest BCUT2D eigenvalue weighted by molar-refractivity contribution is 0.221. The van der Waals surface area contributed by atoms with Crippen LogP contribution in [-0.4, -0.2) is 56.5 Å². The van der Waals surface area contributed by atoms with E-state index >= 15 is 0 Å². The van der Waals surface area contributed by atoms with Crippen LogP contribution in [0.1, 0.15) is 12.8 Å². The topological polar surface area (TPSA) is 6.48 Å². The molecule has 16 heavy (non-hydrogen) atoms. The predicted molar refractivity (Wildman–Crippen MR) is 61.4 cm³/mol. The van der Waals surface area contributed by atoms with Crippen molar-refractivity contribution >= 4 is 6.98 Å². The minimum atomic E-state index is -4.88. The van der Waals surface area contributed by atoms with Crippen LogP contribution in [0.25, 0.3) is 0 Å². The van der Waals surface area contributed by atoms with E-state index in [1.54, 1.807) is 0 Å². The number of halogens is 3. The molecule has 0 bridgehead atoms. The normalized spacial score (nSPS) is 23.0. The van der Waals surface area contributed by atoms with Crippen LogP contribution < -0.4 is 0 Å². The van der Waals surface area contributed by atoms with Crippen LogP contribution in [0.4, 0.5) is 12.9 Å². The zero-order valence-corrected chi connectivity index (χ0v) is 9.93. The molecule has 0 aromatic rings. The van der Waals surface area contributed by atoms with Gasteiger partial charge in [-0.25, -0.2) is 0 Å². The van der Waals surface area contributed by atoms with Crippen molar-refractivity contribution in [2.75, 3.05) is 33.7 Å². The maximum absolute atomic E-state index is 12.4. The number of hydrogen-bond donors (Lipinski definition) is 0. The Labute approximate surface area is 95.2 Å². The highest BCUT2D eigenvalue weighted by Crippen LogP contribution is 2.24. The predicted octanol–water partition coefficient (Wildman–Crippen LogP) is 1.96. The first-order valence-corrected chi connectivity index (χ1v) is 5.57. The van der Waals surface area contributed by atoms with E-state index in [9.17, 15) is 12.9 Å². The molecular formula is C10H19BF3N2-. The number of likely N-dealkylation sites (N-methyl/N-ethyl adjacent to an activating group) is 1. The Morgan fingerprint density at radius 3 is 2.56 bits per heavy atom. The fourth-order valence-electron chi connectivity index (χ4n) is 2.10. The molecule has 1 aliphatic heterocycles. The summed E-state index contributed by atoms with van der Waals surface area (Å²) in [5, 5.41) is 0. The van der Waals surface area contributed by atoms with Gasteiger partial charge in [-0.2, -0.15) is 0 Å². The maximum atomic E-state index is 12.4. The summed E-state index contributed by atoms with van der Waals surface area (Å²) in [6.45, 7) is -0.188. The summed E-state index contributed by atoms with van der Waals surface area (Å²) < 4.78 is 37.3. The first kappa shape index (κ1) is 13.6. The van der Waals surface area contributed by atoms with Crippen LogP contribution in [0.15, 0.2) is 12.1 Å². The van der Waals surface area contributed by atoms with Gasteiger partial charge in [0.15, 0.2) is 0 Å². The lowest BCUT2D eigenvalue weighted by Crippen LogP contribution is -2.40. The summed E-state index contributed by atoms with van der Waals surface area (Å²) in [6, 6.07) is 0.241. The third-order valence-corrected chi connectivity index (χ3v) is 2.94. The Morgan fingerprint density at radius 2 is 2.06 bits per heavy atom. The summed E-state index contributed by atoms with van der Waals surface area (Å²) >= 11 is 0. The summed E-state index contributed by atoms with van der Waals surface area (Å²) in [4.78, 5) is 3.92. The van der Waals surface area contributed by atoms with Crippen molar-refractivity contribution in [3.05, 3.63) is 12.1 Å². The first-order chi connectivity index (χ1) is 7.30. The zero-order valence-electron chi connectivity index (χ0n) is 9.93. The average Bonchev–Trinajstić information content (AvgIpc) is 2.50. The molecule has 1 atom stereocenters. The van der Waals surface area contributed by atoms with Crippen LogP contribution in [-0.2, 0) is 0 Å². The average molecular weight is 235 g/mol. The summed E-state index contributed by atoms with van der Waals surface area (Å²) in [5.74, 6) is 0. The van der Waals surface area contributed by atoms with E-state index in [4.69, 9.17) is 0 Å². The molecule has 1 aliphatic rings. The molecular weight excluding hydrogens is 216 g/mol. The summed E-state index contributed by atoms with van der Waals surface area (Å²) in [6.07, 6.45) is 1.97. The molecule has 6 heteroatoms. The smallest absolute Gasteiger partial charge is 0.445 e. The molecule has 0 aromatic heterocycles. The lowest BCUT2D eigenvalue weighted by Gasteiger charge is -2.30. The van der Waals surface area contributed by atoms with Gasteiger partial charge in [0.2, 0.25) is 0 Å². The van der Waals surface area contributed by atoms with Crippen LogP contribution in [0.3, 0.4) is 0 Å². The van der Waals surface area contributed by atoms with Crippen molar-refractivity contribution < 1.29 is 12.9 Å². The van der Waals surface area contributed by atoms with Gasteiger partial charge in [0, 0.05) is 12.6 Å². The lowest BCUT2D eigenvalue weighted by atomic mass is 9.80. The quantitative estimate of drug-likeness (QED) is 0.672. The molecule has 2 nitrogen and oxygen atoms in total. The van der Waals surface area contributed by atoms with E-state index in [0.29, 0.717) is 0 Å². The molecule has 1 rings (SSSR count). The van der Waals surface area contributed by atoms with E-state index in [-0.39, 0.29) is 12.6 Å². The van der Waals surface area contributed by atoms with Gasteiger partial charge in [-0.05, 0) is 40.0 Å². The highest BCUT2D eigenvalue weighted by atomic mass is 19.4. The van der Waals surface area contributed by atoms with Crippen molar-refractivity contribution in [2.45, 2.75) is 18.9 Å². The number of nitrogens with zero attached hydrogens (tertiary/aromatic N) is 2. The molecule has 1 unspecified atom stereocenters. The van der Waals surface area contributed by atoms with Crippen molar-refractivity contribution in [1.29, 1.82) is 0 Å². The molecule has 0 radical (unpaired) electrons. The molecule has 1 heterocycles. The van der Waals surface area contributed by atoms with E-state index in [1.807, 2.05) is 23.9 Å². The van der Waals surface area contributed by atoms with E-state index in [1.165, 1.54) is 0 Å². The Balaban J connectivity index is 2.50. The highest BCUT2D eigenvalue weighted by molar-refractivity contribution is 6.66. The molecule has 0 spiro atoms. The fraction of sp³-hybridized carbons (Fsp3) is 0.800. The van der Waals surface area contributed by atoms with Gasteiger partial charge in [0.05, 0.1) is 0 Å². The van der Waals surface area contributed by atoms with Gasteiger partial charge in [0.25, 0.3) is 0 Å². The minimum absolute atomic E-state index is 0.0258. The van der Waals surface area contributed by atoms with Crippen LogP contribution in [0.2, 0.25) is 0 Å². The molecule has 94 valence electrons. The van der Waals surface area contributed by atoms with E-state index in [2.05, 4.69) is 6.58 Å². The fourth-order valence-corrected chi connectivity index (χ4v) is 2.10. The van der Waals surface area contributed by atoms with Gasteiger partial charge in [0.1, 0.15) is 0 Å². The molecule has 0 aromatic carbocycles. The highest BCUT2D eigenvalue weighted by Gasteiger charge is 2.31. The molecule has 0 amide bonds. The summed E-state index contributed by atoms with van der Waals surface area (Å²) in [5.41, 5.74) is -0.578. The van der Waals surface area contributed by atoms with E-state index < -0.39 is 12.4 Å². The molecule has 0 N–H and O–H groups in total. The van der Waals surface area contributed by atoms with Crippen molar-refractivity contribution in [3.8, 4) is 0 Å². The SMILES string of the molecule is C=C(CN1CCCC1CN(C)C)[B-](F)(F)F. The van der Waals surface area contributed by atoms with Crippen molar-refractivity contribution in [1.82, 2.24) is 9.80 Å². The summed E-state index contributed by atoms with van der Waals surface area (Å²) in [7, 11) is 3.89. The number of likely N-dealkylation sites (tertiary alicyclic amines) is 1. The second-order valence-corrected chi connectivity index (χ2v) is 4.76. The van der Waals surface area contributed by atoms with Gasteiger partial charge in [-0.15, -0.1) is 12.1 Å². The van der Waals surface area contributed by atoms with Gasteiger partial charge < -0.3 is 17.8 Å². The number of rotatable bonds is 5. The standard InChI is InChI=1S/C10H19BF3N2/c1-9(11(12,13)14)7-16-6-4-5-10(16)8-15(2)3/h10H,1,4-8H2,2-3H3/q-1. The molecule has 1 saturated heterocycles. The third kappa shape index (κ3) is 3.83. The zero-order chi connectivity index (χ0) is 12.3. The number of hydrogen-bond acceptors (Lipinski definition) is 2. The largest absolute Gasteiger partial charge is 0.506 e. The van der Waals surface area contributed by atoms with Crippen molar-refractivity contribution in [2.24, 2.45) is 0 Å². The third-order valence-electron chi connectivity index (χ3n) is 2.94. The second-order valence-electron chi connectivity index (χ2n) is 4.76. The van der Waals surface area contributed by atoms with Gasteiger partial charge >= 0.3 is 6.98 Å². The monoisotopic (exact) mass is 235 g/mol. The minimum Gasteiger partial charge on any atom is -0.445 e. The molecule has 0 aliphatic carbocycles. The maximum Gasteiger partial charge on any atom is 0.506 e. The Kier molecular flexibility index (Phi) is 4.44. The van der Waals surface area contributed by atoms with Crippen LogP contribution in [0, 0.1) is 0 Å². The van der Waals surface area contributed by atoms with Gasteiger partial charge in [-0.1, -0.05) is 0 Å². The van der Waals surface area contributed by atoms with Gasteiger partial charge in [-0.3, -0.25) is 4.90 Å². The molecule has 1 fully saturated rings.